The molecule has 0 bridgehead atoms. The summed E-state index contributed by atoms with van der Waals surface area (Å²) in [5.74, 6) is -0.303. The van der Waals surface area contributed by atoms with Crippen molar-refractivity contribution < 1.29 is 19.0 Å². The van der Waals surface area contributed by atoms with E-state index in [1.165, 1.54) is 24.3 Å². The smallest absolute Gasteiger partial charge is 0.258 e. The molecule has 2 rings (SSSR count). The highest BCUT2D eigenvalue weighted by atomic mass is 19.1. The van der Waals surface area contributed by atoms with E-state index in [2.05, 4.69) is 5.32 Å². The van der Waals surface area contributed by atoms with Gasteiger partial charge in [0.15, 0.2) is 6.61 Å². The summed E-state index contributed by atoms with van der Waals surface area (Å²) >= 11 is 0. The molecule has 4 nitrogen and oxygen atoms in total. The summed E-state index contributed by atoms with van der Waals surface area (Å²) in [5, 5.41) is 12.5. The average Bonchev–Trinajstić information content (AvgIpc) is 2.53. The molecule has 1 amide bonds. The lowest BCUT2D eigenvalue weighted by Crippen LogP contribution is -2.32. The Kier molecular flexibility index (Phi) is 5.29. The van der Waals surface area contributed by atoms with Gasteiger partial charge in [0.1, 0.15) is 11.6 Å². The molecule has 21 heavy (non-hydrogen) atoms. The number of nitrogens with one attached hydrogen (secondary N) is 1. The maximum absolute atomic E-state index is 12.7. The first-order valence-electron chi connectivity index (χ1n) is 6.53. The minimum Gasteiger partial charge on any atom is -0.484 e. The van der Waals surface area contributed by atoms with Crippen LogP contribution in [0.25, 0.3) is 0 Å². The minimum atomic E-state index is -0.763. The Morgan fingerprint density at radius 2 is 1.81 bits per heavy atom. The van der Waals surface area contributed by atoms with Gasteiger partial charge in [0, 0.05) is 6.54 Å². The van der Waals surface area contributed by atoms with E-state index in [4.69, 9.17) is 4.74 Å². The summed E-state index contributed by atoms with van der Waals surface area (Å²) in [6, 6.07) is 14.5. The molecule has 1 unspecified atom stereocenters. The van der Waals surface area contributed by atoms with Gasteiger partial charge in [-0.05, 0) is 29.8 Å². The number of amides is 1. The zero-order valence-electron chi connectivity index (χ0n) is 11.3. The highest BCUT2D eigenvalue weighted by molar-refractivity contribution is 5.77. The topological polar surface area (TPSA) is 58.6 Å². The van der Waals surface area contributed by atoms with Gasteiger partial charge in [0.2, 0.25) is 0 Å². The fraction of sp³-hybridized carbons (Fsp3) is 0.188. The van der Waals surface area contributed by atoms with Gasteiger partial charge in [-0.2, -0.15) is 0 Å². The number of aliphatic hydroxyl groups is 1. The number of halogens is 1. The molecule has 0 radical (unpaired) electrons. The summed E-state index contributed by atoms with van der Waals surface area (Å²) in [6.45, 7) is -0.0806. The van der Waals surface area contributed by atoms with Gasteiger partial charge in [-0.25, -0.2) is 4.39 Å². The van der Waals surface area contributed by atoms with E-state index in [-0.39, 0.29) is 24.9 Å². The fourth-order valence-electron chi connectivity index (χ4n) is 1.73. The van der Waals surface area contributed by atoms with Crippen LogP contribution in [0, 0.1) is 5.82 Å². The number of benzene rings is 2. The molecule has 0 fully saturated rings. The molecule has 2 aromatic rings. The van der Waals surface area contributed by atoms with Crippen LogP contribution in [0.15, 0.2) is 54.6 Å². The molecule has 0 saturated carbocycles. The Bertz CT molecular complexity index is 572. The maximum atomic E-state index is 12.7. The molecule has 0 saturated heterocycles. The minimum absolute atomic E-state index is 0.107. The lowest BCUT2D eigenvalue weighted by molar-refractivity contribution is -0.123. The molecule has 0 aliphatic heterocycles. The molecule has 2 N–H and O–H groups in total. The Labute approximate surface area is 122 Å². The van der Waals surface area contributed by atoms with Gasteiger partial charge >= 0.3 is 0 Å². The van der Waals surface area contributed by atoms with Gasteiger partial charge in [-0.1, -0.05) is 30.3 Å². The van der Waals surface area contributed by atoms with Crippen molar-refractivity contribution in [3.05, 3.63) is 66.0 Å². The van der Waals surface area contributed by atoms with E-state index in [1.807, 2.05) is 18.2 Å². The van der Waals surface area contributed by atoms with Gasteiger partial charge in [-0.3, -0.25) is 4.79 Å². The van der Waals surface area contributed by atoms with E-state index in [0.29, 0.717) is 5.75 Å². The van der Waals surface area contributed by atoms with Crippen LogP contribution < -0.4 is 10.1 Å². The molecule has 2 aromatic carbocycles. The maximum Gasteiger partial charge on any atom is 0.258 e. The van der Waals surface area contributed by atoms with Crippen LogP contribution in [0.4, 0.5) is 4.39 Å². The van der Waals surface area contributed by atoms with Crippen molar-refractivity contribution in [3.8, 4) is 5.75 Å². The predicted octanol–water partition coefficient (Wildman–Crippen LogP) is 2.05. The van der Waals surface area contributed by atoms with E-state index in [0.717, 1.165) is 5.56 Å². The van der Waals surface area contributed by atoms with Crippen LogP contribution >= 0.6 is 0 Å². The molecule has 5 heteroatoms. The van der Waals surface area contributed by atoms with Gasteiger partial charge in [0.25, 0.3) is 5.91 Å². The number of hydrogen-bond donors (Lipinski definition) is 2. The number of carbonyl (C=O) groups is 1. The summed E-state index contributed by atoms with van der Waals surface area (Å²) in [5.41, 5.74) is 0.734. The SMILES string of the molecule is O=C(COc1ccc(F)cc1)NCC(O)c1ccccc1. The monoisotopic (exact) mass is 289 g/mol. The second-order valence-electron chi connectivity index (χ2n) is 4.47. The largest absolute Gasteiger partial charge is 0.484 e. The van der Waals surface area contributed by atoms with E-state index < -0.39 is 6.10 Å². The Morgan fingerprint density at radius 1 is 1.14 bits per heavy atom. The first kappa shape index (κ1) is 15.0. The molecule has 0 spiro atoms. The number of rotatable bonds is 6. The van der Waals surface area contributed by atoms with Crippen molar-refractivity contribution >= 4 is 5.91 Å². The van der Waals surface area contributed by atoms with Crippen LogP contribution in [0.2, 0.25) is 0 Å². The quantitative estimate of drug-likeness (QED) is 0.855. The van der Waals surface area contributed by atoms with Crippen LogP contribution in [0.3, 0.4) is 0 Å². The first-order chi connectivity index (χ1) is 10.1. The lowest BCUT2D eigenvalue weighted by atomic mass is 10.1. The number of aliphatic hydroxyl groups excluding tert-OH is 1. The van der Waals surface area contributed by atoms with Crippen LogP contribution in [-0.4, -0.2) is 24.2 Å². The zero-order valence-corrected chi connectivity index (χ0v) is 11.3. The summed E-state index contributed by atoms with van der Waals surface area (Å²) in [6.07, 6.45) is -0.763. The van der Waals surface area contributed by atoms with E-state index >= 15 is 0 Å². The lowest BCUT2D eigenvalue weighted by Gasteiger charge is -2.12. The molecule has 0 aliphatic rings. The van der Waals surface area contributed by atoms with Gasteiger partial charge < -0.3 is 15.2 Å². The van der Waals surface area contributed by atoms with E-state index in [9.17, 15) is 14.3 Å². The zero-order chi connectivity index (χ0) is 15.1. The molecule has 110 valence electrons. The predicted molar refractivity (Wildman–Crippen MR) is 76.3 cm³/mol. The highest BCUT2D eigenvalue weighted by Crippen LogP contribution is 2.11. The molecule has 0 heterocycles. The summed E-state index contributed by atoms with van der Waals surface area (Å²) in [4.78, 5) is 11.6. The first-order valence-corrected chi connectivity index (χ1v) is 6.53. The van der Waals surface area contributed by atoms with Crippen molar-refractivity contribution in [2.45, 2.75) is 6.10 Å². The average molecular weight is 289 g/mol. The third-order valence-corrected chi connectivity index (χ3v) is 2.86. The second-order valence-corrected chi connectivity index (χ2v) is 4.47. The van der Waals surface area contributed by atoms with Crippen LogP contribution in [0.5, 0.6) is 5.75 Å². The van der Waals surface area contributed by atoms with Crippen LogP contribution in [-0.2, 0) is 4.79 Å². The van der Waals surface area contributed by atoms with Crippen molar-refractivity contribution in [2.75, 3.05) is 13.2 Å². The van der Waals surface area contributed by atoms with E-state index in [1.54, 1.807) is 12.1 Å². The Morgan fingerprint density at radius 3 is 2.48 bits per heavy atom. The summed E-state index contributed by atoms with van der Waals surface area (Å²) < 4.78 is 17.9. The van der Waals surface area contributed by atoms with Crippen molar-refractivity contribution in [1.29, 1.82) is 0 Å². The van der Waals surface area contributed by atoms with Crippen molar-refractivity contribution in [3.63, 3.8) is 0 Å². The number of carbonyl (C=O) groups excluding carboxylic acids is 1. The Hall–Kier alpha value is -2.40. The van der Waals surface area contributed by atoms with Crippen molar-refractivity contribution in [2.24, 2.45) is 0 Å². The second kappa shape index (κ2) is 7.40. The Balaban J connectivity index is 1.73. The molecule has 0 aromatic heterocycles. The molecule has 1 atom stereocenters. The van der Waals surface area contributed by atoms with Gasteiger partial charge in [0.05, 0.1) is 6.10 Å². The molecular weight excluding hydrogens is 273 g/mol. The standard InChI is InChI=1S/C16H16FNO3/c17-13-6-8-14(9-7-13)21-11-16(20)18-10-15(19)12-4-2-1-3-5-12/h1-9,15,19H,10-11H2,(H,18,20). The van der Waals surface area contributed by atoms with Gasteiger partial charge in [-0.15, -0.1) is 0 Å². The third kappa shape index (κ3) is 4.89. The summed E-state index contributed by atoms with van der Waals surface area (Å²) in [7, 11) is 0. The highest BCUT2D eigenvalue weighted by Gasteiger charge is 2.09. The number of hydrogen-bond acceptors (Lipinski definition) is 3. The number of ether oxygens (including phenoxy) is 1. The molecule has 0 aliphatic carbocycles. The van der Waals surface area contributed by atoms with Crippen molar-refractivity contribution in [1.82, 2.24) is 5.32 Å². The third-order valence-electron chi connectivity index (χ3n) is 2.86. The molecular formula is C16H16FNO3. The van der Waals surface area contributed by atoms with Crippen LogP contribution in [0.1, 0.15) is 11.7 Å². The fourth-order valence-corrected chi connectivity index (χ4v) is 1.73. The normalized spacial score (nSPS) is 11.7.